The Labute approximate surface area is 173 Å². The molecular formula is C21H21NO7S. The molecule has 0 saturated carbocycles. The van der Waals surface area contributed by atoms with Gasteiger partial charge in [0.1, 0.15) is 5.69 Å². The van der Waals surface area contributed by atoms with E-state index in [0.29, 0.717) is 16.5 Å². The van der Waals surface area contributed by atoms with Gasteiger partial charge in [0.25, 0.3) is 10.1 Å². The van der Waals surface area contributed by atoms with Gasteiger partial charge in [-0.1, -0.05) is 35.9 Å². The minimum absolute atomic E-state index is 0.0888. The first-order valence-corrected chi connectivity index (χ1v) is 10.4. The molecule has 0 bridgehead atoms. The minimum Gasteiger partial charge on any atom is -0.467 e. The Morgan fingerprint density at radius 3 is 2.30 bits per heavy atom. The molecule has 8 nitrogen and oxygen atoms in total. The van der Waals surface area contributed by atoms with Crippen LogP contribution in [0.5, 0.6) is 0 Å². The molecule has 1 N–H and O–H groups in total. The highest BCUT2D eigenvalue weighted by Crippen LogP contribution is 2.26. The first kappa shape index (κ1) is 21.5. The minimum atomic E-state index is -4.25. The summed E-state index contributed by atoms with van der Waals surface area (Å²) in [5, 5.41) is 0.642. The molecular weight excluding hydrogens is 410 g/mol. The van der Waals surface area contributed by atoms with Crippen molar-refractivity contribution < 1.29 is 31.7 Å². The Hall–Kier alpha value is -3.17. The average molecular weight is 431 g/mol. The van der Waals surface area contributed by atoms with Crippen molar-refractivity contribution in [2.75, 3.05) is 14.2 Å². The molecule has 3 aromatic rings. The maximum Gasteiger partial charge on any atom is 0.354 e. The Kier molecular flexibility index (Phi) is 6.23. The molecule has 0 aliphatic rings. The normalized spacial score (nSPS) is 12.5. The SMILES string of the molecule is COC(=O)c1[nH]c2ccccc2c1C[C@H](OS(=O)(=O)c1ccc(C)cc1)C(=O)OC. The third-order valence-electron chi connectivity index (χ3n) is 4.61. The molecule has 3 rings (SSSR count). The van der Waals surface area contributed by atoms with E-state index in [1.807, 2.05) is 6.92 Å². The summed E-state index contributed by atoms with van der Waals surface area (Å²) >= 11 is 0. The number of rotatable bonds is 7. The molecule has 0 spiro atoms. The topological polar surface area (TPSA) is 112 Å². The zero-order valence-electron chi connectivity index (χ0n) is 16.7. The number of hydrogen-bond acceptors (Lipinski definition) is 7. The van der Waals surface area contributed by atoms with Crippen LogP contribution in [-0.4, -0.2) is 45.7 Å². The zero-order chi connectivity index (χ0) is 21.9. The fourth-order valence-electron chi connectivity index (χ4n) is 3.08. The summed E-state index contributed by atoms with van der Waals surface area (Å²) in [6, 6.07) is 13.1. The van der Waals surface area contributed by atoms with Gasteiger partial charge in [0.15, 0.2) is 6.10 Å². The number of fused-ring (bicyclic) bond motifs is 1. The summed E-state index contributed by atoms with van der Waals surface area (Å²) in [5.41, 5.74) is 2.02. The van der Waals surface area contributed by atoms with Crippen molar-refractivity contribution in [2.45, 2.75) is 24.3 Å². The van der Waals surface area contributed by atoms with E-state index in [2.05, 4.69) is 4.98 Å². The van der Waals surface area contributed by atoms with Crippen molar-refractivity contribution in [3.8, 4) is 0 Å². The molecule has 2 aromatic carbocycles. The summed E-state index contributed by atoms with van der Waals surface area (Å²) < 4.78 is 40.2. The number of benzene rings is 2. The van der Waals surface area contributed by atoms with Gasteiger partial charge in [-0.25, -0.2) is 9.59 Å². The molecule has 158 valence electrons. The van der Waals surface area contributed by atoms with Crippen molar-refractivity contribution in [2.24, 2.45) is 0 Å². The number of H-pyrrole nitrogens is 1. The van der Waals surface area contributed by atoms with Crippen molar-refractivity contribution in [3.63, 3.8) is 0 Å². The smallest absolute Gasteiger partial charge is 0.354 e. The van der Waals surface area contributed by atoms with E-state index in [4.69, 9.17) is 13.7 Å². The van der Waals surface area contributed by atoms with Gasteiger partial charge < -0.3 is 14.5 Å². The maximum atomic E-state index is 12.7. The fraction of sp³-hybridized carbons (Fsp3) is 0.238. The van der Waals surface area contributed by atoms with E-state index in [1.165, 1.54) is 19.2 Å². The van der Waals surface area contributed by atoms with Crippen LogP contribution in [0.15, 0.2) is 53.4 Å². The summed E-state index contributed by atoms with van der Waals surface area (Å²) in [7, 11) is -1.89. The molecule has 1 heterocycles. The lowest BCUT2D eigenvalue weighted by Gasteiger charge is -2.16. The second kappa shape index (κ2) is 8.68. The number of aromatic nitrogens is 1. The third-order valence-corrected chi connectivity index (χ3v) is 5.94. The monoisotopic (exact) mass is 431 g/mol. The number of carbonyl (C=O) groups is 2. The summed E-state index contributed by atoms with van der Waals surface area (Å²) in [5.74, 6) is -1.53. The number of para-hydroxylation sites is 1. The Balaban J connectivity index is 2.01. The second-order valence-electron chi connectivity index (χ2n) is 6.60. The average Bonchev–Trinajstić information content (AvgIpc) is 3.10. The van der Waals surface area contributed by atoms with Crippen LogP contribution >= 0.6 is 0 Å². The molecule has 0 radical (unpaired) electrons. The van der Waals surface area contributed by atoms with Crippen molar-refractivity contribution in [1.29, 1.82) is 0 Å². The van der Waals surface area contributed by atoms with Crippen LogP contribution in [0.2, 0.25) is 0 Å². The predicted octanol–water partition coefficient (Wildman–Crippen LogP) is 2.75. The van der Waals surface area contributed by atoms with E-state index in [0.717, 1.165) is 12.7 Å². The number of carbonyl (C=O) groups excluding carboxylic acids is 2. The molecule has 1 aromatic heterocycles. The van der Waals surface area contributed by atoms with Crippen LogP contribution in [0, 0.1) is 6.92 Å². The molecule has 0 amide bonds. The summed E-state index contributed by atoms with van der Waals surface area (Å²) in [6.45, 7) is 1.82. The molecule has 30 heavy (non-hydrogen) atoms. The second-order valence-corrected chi connectivity index (χ2v) is 8.17. The van der Waals surface area contributed by atoms with E-state index >= 15 is 0 Å². The fourth-order valence-corrected chi connectivity index (χ4v) is 4.11. The van der Waals surface area contributed by atoms with Gasteiger partial charge in [-0.2, -0.15) is 8.42 Å². The summed E-state index contributed by atoms with van der Waals surface area (Å²) in [6.07, 6.45) is -1.71. The van der Waals surface area contributed by atoms with Gasteiger partial charge in [0, 0.05) is 17.3 Å². The van der Waals surface area contributed by atoms with Crippen molar-refractivity contribution in [1.82, 2.24) is 4.98 Å². The Morgan fingerprint density at radius 1 is 1.00 bits per heavy atom. The lowest BCUT2D eigenvalue weighted by atomic mass is 10.0. The number of aryl methyl sites for hydroxylation is 1. The van der Waals surface area contributed by atoms with Gasteiger partial charge in [-0.3, -0.25) is 4.18 Å². The van der Waals surface area contributed by atoms with Crippen LogP contribution in [0.3, 0.4) is 0 Å². The quantitative estimate of drug-likeness (QED) is 0.452. The van der Waals surface area contributed by atoms with Crippen molar-refractivity contribution >= 4 is 33.0 Å². The number of esters is 2. The first-order valence-electron chi connectivity index (χ1n) is 9.02. The molecule has 0 fully saturated rings. The largest absolute Gasteiger partial charge is 0.467 e. The lowest BCUT2D eigenvalue weighted by molar-refractivity contribution is -0.148. The third kappa shape index (κ3) is 4.37. The highest BCUT2D eigenvalue weighted by atomic mass is 32.2. The lowest BCUT2D eigenvalue weighted by Crippen LogP contribution is -2.31. The van der Waals surface area contributed by atoms with E-state index in [-0.39, 0.29) is 17.0 Å². The molecule has 1 atom stereocenters. The molecule has 0 saturated heterocycles. The van der Waals surface area contributed by atoms with Crippen LogP contribution in [0.4, 0.5) is 0 Å². The van der Waals surface area contributed by atoms with E-state index in [9.17, 15) is 18.0 Å². The van der Waals surface area contributed by atoms with Gasteiger partial charge in [-0.15, -0.1) is 0 Å². The number of nitrogens with one attached hydrogen (secondary N) is 1. The molecule has 0 unspecified atom stereocenters. The van der Waals surface area contributed by atoms with Gasteiger partial charge in [-0.05, 0) is 30.7 Å². The number of ether oxygens (including phenoxy) is 2. The number of methoxy groups -OCH3 is 2. The van der Waals surface area contributed by atoms with Gasteiger partial charge in [0.2, 0.25) is 0 Å². The Morgan fingerprint density at radius 2 is 1.67 bits per heavy atom. The van der Waals surface area contributed by atoms with Crippen LogP contribution in [0.1, 0.15) is 21.6 Å². The molecule has 9 heteroatoms. The van der Waals surface area contributed by atoms with Crippen molar-refractivity contribution in [3.05, 3.63) is 65.4 Å². The zero-order valence-corrected chi connectivity index (χ0v) is 17.5. The van der Waals surface area contributed by atoms with Crippen LogP contribution in [0.25, 0.3) is 10.9 Å². The maximum absolute atomic E-state index is 12.7. The first-order chi connectivity index (χ1) is 14.3. The molecule has 0 aliphatic heterocycles. The highest BCUT2D eigenvalue weighted by Gasteiger charge is 2.31. The standard InChI is InChI=1S/C21H21NO7S/c1-13-8-10-14(11-9-13)30(25,26)29-18(20(23)27-2)12-16-15-6-4-5-7-17(15)22-19(16)21(24)28-3/h4-11,18,22H,12H2,1-3H3/t18-/m0/s1. The van der Waals surface area contributed by atoms with Crippen LogP contribution < -0.4 is 0 Å². The number of aromatic amines is 1. The number of hydrogen-bond donors (Lipinski definition) is 1. The van der Waals surface area contributed by atoms with E-state index < -0.39 is 28.2 Å². The van der Waals surface area contributed by atoms with Gasteiger partial charge >= 0.3 is 11.9 Å². The summed E-state index contributed by atoms with van der Waals surface area (Å²) in [4.78, 5) is 27.4. The van der Waals surface area contributed by atoms with E-state index in [1.54, 1.807) is 36.4 Å². The predicted molar refractivity (Wildman–Crippen MR) is 109 cm³/mol. The molecule has 0 aliphatic carbocycles. The Bertz CT molecular complexity index is 1180. The van der Waals surface area contributed by atoms with Gasteiger partial charge in [0.05, 0.1) is 19.1 Å². The van der Waals surface area contributed by atoms with Crippen LogP contribution in [-0.2, 0) is 35.0 Å². The highest BCUT2D eigenvalue weighted by molar-refractivity contribution is 7.86.